The van der Waals surface area contributed by atoms with Gasteiger partial charge in [-0.05, 0) is 30.3 Å². The normalized spacial score (nSPS) is 17.5. The fourth-order valence-electron chi connectivity index (χ4n) is 4.02. The van der Waals surface area contributed by atoms with Gasteiger partial charge in [0.2, 0.25) is 0 Å². The lowest BCUT2D eigenvalue weighted by Gasteiger charge is -2.27. The minimum atomic E-state index is -4.67. The maximum atomic E-state index is 13.4. The summed E-state index contributed by atoms with van der Waals surface area (Å²) in [5, 5.41) is 11.1. The summed E-state index contributed by atoms with van der Waals surface area (Å²) in [4.78, 5) is 27.3. The maximum absolute atomic E-state index is 13.4. The average Bonchev–Trinajstić information content (AvgIpc) is 3.13. The van der Waals surface area contributed by atoms with Crippen molar-refractivity contribution in [1.29, 1.82) is 0 Å². The molecule has 3 aromatic carbocycles. The van der Waals surface area contributed by atoms with Gasteiger partial charge in [0.25, 0.3) is 11.7 Å². The Morgan fingerprint density at radius 3 is 2.26 bits per heavy atom. The number of ketones is 1. The number of hydrogen-bond acceptors (Lipinski definition) is 5. The molecule has 0 spiro atoms. The number of nitrogens with zero attached hydrogens (tertiary/aromatic N) is 1. The van der Waals surface area contributed by atoms with E-state index in [-0.39, 0.29) is 28.1 Å². The maximum Gasteiger partial charge on any atom is 0.416 e. The molecule has 1 N–H and O–H groups in total. The molecule has 0 saturated carbocycles. The van der Waals surface area contributed by atoms with Crippen LogP contribution >= 0.6 is 0 Å². The number of aliphatic hydroxyl groups is 1. The monoisotopic (exact) mass is 483 g/mol. The number of carbonyl (C=O) groups is 2. The van der Waals surface area contributed by atoms with Crippen LogP contribution in [0.1, 0.15) is 22.7 Å². The third-order valence-corrected chi connectivity index (χ3v) is 5.68. The van der Waals surface area contributed by atoms with E-state index in [0.29, 0.717) is 5.75 Å². The Bertz CT molecular complexity index is 1320. The van der Waals surface area contributed by atoms with Crippen LogP contribution in [0.25, 0.3) is 5.76 Å². The Labute approximate surface area is 198 Å². The standard InChI is InChI=1S/C26H20F3NO5/c1-34-18-11-12-19(20(14-18)35-2)22-21(23(31)15-7-4-3-5-8-15)24(32)25(33)30(22)17-10-6-9-16(13-17)26(27,28)29/h3-14,22,31H,1-2H3/t22-/m1/s1. The quantitative estimate of drug-likeness (QED) is 0.301. The molecule has 3 aromatic rings. The second kappa shape index (κ2) is 9.17. The highest BCUT2D eigenvalue weighted by atomic mass is 19.4. The van der Waals surface area contributed by atoms with Crippen molar-refractivity contribution in [2.75, 3.05) is 19.1 Å². The number of carbonyl (C=O) groups excluding carboxylic acids is 2. The van der Waals surface area contributed by atoms with Crippen LogP contribution in [-0.2, 0) is 15.8 Å². The van der Waals surface area contributed by atoms with E-state index in [0.717, 1.165) is 23.1 Å². The largest absolute Gasteiger partial charge is 0.507 e. The molecule has 1 amide bonds. The lowest BCUT2D eigenvalue weighted by atomic mass is 9.94. The second-order valence-corrected chi connectivity index (χ2v) is 7.69. The number of alkyl halides is 3. The Morgan fingerprint density at radius 1 is 0.914 bits per heavy atom. The summed E-state index contributed by atoms with van der Waals surface area (Å²) in [6, 6.07) is 15.5. The molecular weight excluding hydrogens is 463 g/mol. The molecule has 6 nitrogen and oxygen atoms in total. The topological polar surface area (TPSA) is 76.1 Å². The number of benzene rings is 3. The highest BCUT2D eigenvalue weighted by Gasteiger charge is 2.48. The average molecular weight is 483 g/mol. The number of Topliss-reactive ketones (excluding diaryl/α,β-unsaturated/α-hetero) is 1. The molecule has 1 aliphatic rings. The number of anilines is 1. The van der Waals surface area contributed by atoms with E-state index in [1.54, 1.807) is 36.4 Å². The number of aliphatic hydroxyl groups excluding tert-OH is 1. The zero-order chi connectivity index (χ0) is 25.3. The fourth-order valence-corrected chi connectivity index (χ4v) is 4.02. The number of hydrogen-bond donors (Lipinski definition) is 1. The summed E-state index contributed by atoms with van der Waals surface area (Å²) in [6.07, 6.45) is -4.67. The van der Waals surface area contributed by atoms with Gasteiger partial charge in [0.05, 0.1) is 31.4 Å². The summed E-state index contributed by atoms with van der Waals surface area (Å²) in [5.74, 6) is -1.94. The van der Waals surface area contributed by atoms with Crippen molar-refractivity contribution < 1.29 is 37.3 Å². The molecule has 1 heterocycles. The molecule has 1 aliphatic heterocycles. The molecule has 35 heavy (non-hydrogen) atoms. The smallest absolute Gasteiger partial charge is 0.416 e. The molecule has 180 valence electrons. The SMILES string of the molecule is COc1ccc([C@@H]2C(=C(O)c3ccccc3)C(=O)C(=O)N2c2cccc(C(F)(F)F)c2)c(OC)c1. The highest BCUT2D eigenvalue weighted by Crippen LogP contribution is 2.46. The van der Waals surface area contributed by atoms with Gasteiger partial charge in [0.1, 0.15) is 17.3 Å². The lowest BCUT2D eigenvalue weighted by molar-refractivity contribution is -0.137. The first kappa shape index (κ1) is 23.9. The van der Waals surface area contributed by atoms with Crippen molar-refractivity contribution in [2.45, 2.75) is 12.2 Å². The van der Waals surface area contributed by atoms with Crippen molar-refractivity contribution in [2.24, 2.45) is 0 Å². The summed E-state index contributed by atoms with van der Waals surface area (Å²) in [5.41, 5.74) is -0.867. The number of ether oxygens (including phenoxy) is 2. The summed E-state index contributed by atoms with van der Waals surface area (Å²) < 4.78 is 50.9. The van der Waals surface area contributed by atoms with Crippen molar-refractivity contribution in [1.82, 2.24) is 0 Å². The number of amides is 1. The molecule has 0 aromatic heterocycles. The van der Waals surface area contributed by atoms with Crippen LogP contribution in [-0.4, -0.2) is 31.0 Å². The Kier molecular flexibility index (Phi) is 6.26. The molecule has 0 unspecified atom stereocenters. The molecule has 1 atom stereocenters. The molecule has 1 fully saturated rings. The van der Waals surface area contributed by atoms with Gasteiger partial charge in [-0.1, -0.05) is 36.4 Å². The zero-order valence-electron chi connectivity index (χ0n) is 18.7. The van der Waals surface area contributed by atoms with Gasteiger partial charge >= 0.3 is 6.18 Å². The van der Waals surface area contributed by atoms with Crippen LogP contribution < -0.4 is 14.4 Å². The predicted octanol–water partition coefficient (Wildman–Crippen LogP) is 5.35. The zero-order valence-corrected chi connectivity index (χ0v) is 18.7. The van der Waals surface area contributed by atoms with E-state index in [1.807, 2.05) is 0 Å². The van der Waals surface area contributed by atoms with Gasteiger partial charge in [-0.25, -0.2) is 0 Å². The third kappa shape index (κ3) is 4.32. The van der Waals surface area contributed by atoms with E-state index in [2.05, 4.69) is 0 Å². The van der Waals surface area contributed by atoms with E-state index >= 15 is 0 Å². The molecule has 9 heteroatoms. The first-order valence-electron chi connectivity index (χ1n) is 10.4. The fraction of sp³-hybridized carbons (Fsp3) is 0.154. The van der Waals surface area contributed by atoms with E-state index in [4.69, 9.17) is 9.47 Å². The number of halogens is 3. The predicted molar refractivity (Wildman–Crippen MR) is 122 cm³/mol. The summed E-state index contributed by atoms with van der Waals surface area (Å²) >= 11 is 0. The highest BCUT2D eigenvalue weighted by molar-refractivity contribution is 6.51. The van der Waals surface area contributed by atoms with E-state index in [9.17, 15) is 27.9 Å². The molecule has 0 aliphatic carbocycles. The second-order valence-electron chi connectivity index (χ2n) is 7.69. The summed E-state index contributed by atoms with van der Waals surface area (Å²) in [7, 11) is 2.81. The van der Waals surface area contributed by atoms with E-state index < -0.39 is 35.2 Å². The van der Waals surface area contributed by atoms with Gasteiger partial charge in [0.15, 0.2) is 0 Å². The van der Waals surface area contributed by atoms with Crippen molar-refractivity contribution >= 4 is 23.1 Å². The van der Waals surface area contributed by atoms with Gasteiger partial charge in [-0.3, -0.25) is 14.5 Å². The number of rotatable bonds is 5. The first-order chi connectivity index (χ1) is 16.7. The van der Waals surface area contributed by atoms with Crippen LogP contribution in [0, 0.1) is 0 Å². The van der Waals surface area contributed by atoms with Gasteiger partial charge in [-0.2, -0.15) is 13.2 Å². The molecule has 1 saturated heterocycles. The van der Waals surface area contributed by atoms with Crippen LogP contribution in [0.3, 0.4) is 0 Å². The van der Waals surface area contributed by atoms with Crippen molar-refractivity contribution in [3.05, 3.63) is 95.1 Å². The van der Waals surface area contributed by atoms with Gasteiger partial charge in [0, 0.05) is 22.9 Å². The first-order valence-corrected chi connectivity index (χ1v) is 10.4. The van der Waals surface area contributed by atoms with Gasteiger partial charge in [-0.15, -0.1) is 0 Å². The molecule has 4 rings (SSSR count). The van der Waals surface area contributed by atoms with Crippen LogP contribution in [0.2, 0.25) is 0 Å². The minimum absolute atomic E-state index is 0.156. The Morgan fingerprint density at radius 2 is 1.63 bits per heavy atom. The van der Waals surface area contributed by atoms with Crippen molar-refractivity contribution in [3.63, 3.8) is 0 Å². The van der Waals surface area contributed by atoms with Gasteiger partial charge < -0.3 is 14.6 Å². The van der Waals surface area contributed by atoms with Crippen LogP contribution in [0.5, 0.6) is 11.5 Å². The number of methoxy groups -OCH3 is 2. The Balaban J connectivity index is 2.00. The van der Waals surface area contributed by atoms with Crippen LogP contribution in [0.15, 0.2) is 78.4 Å². The Hall–Kier alpha value is -4.27. The van der Waals surface area contributed by atoms with Crippen molar-refractivity contribution in [3.8, 4) is 11.5 Å². The molecular formula is C26H20F3NO5. The lowest BCUT2D eigenvalue weighted by Crippen LogP contribution is -2.30. The van der Waals surface area contributed by atoms with Crippen LogP contribution in [0.4, 0.5) is 18.9 Å². The molecule has 0 radical (unpaired) electrons. The third-order valence-electron chi connectivity index (χ3n) is 5.68. The van der Waals surface area contributed by atoms with E-state index in [1.165, 1.54) is 32.4 Å². The summed E-state index contributed by atoms with van der Waals surface area (Å²) in [6.45, 7) is 0. The minimum Gasteiger partial charge on any atom is -0.507 e. The molecule has 0 bridgehead atoms.